The molecule has 0 saturated carbocycles. The third-order valence-corrected chi connectivity index (χ3v) is 1.31. The number of azide groups is 1. The van der Waals surface area contributed by atoms with Gasteiger partial charge in [-0.15, -0.1) is 0 Å². The number of nitrogens with two attached hydrogens (primary N) is 1. The first-order valence-electron chi connectivity index (χ1n) is 3.12. The number of benzene rings is 1. The minimum absolute atomic E-state index is 0.312. The molecule has 0 unspecified atom stereocenters. The SMILES string of the molecule is N#Cc1ccc(N=[N+]=[N-])c(N)c1. The molecule has 1 aromatic carbocycles. The van der Waals surface area contributed by atoms with E-state index >= 15 is 0 Å². The van der Waals surface area contributed by atoms with Crippen LogP contribution in [-0.4, -0.2) is 0 Å². The van der Waals surface area contributed by atoms with E-state index in [1.807, 2.05) is 6.07 Å². The van der Waals surface area contributed by atoms with Gasteiger partial charge in [0.1, 0.15) is 0 Å². The van der Waals surface area contributed by atoms with E-state index in [2.05, 4.69) is 10.0 Å². The molecule has 0 aliphatic rings. The summed E-state index contributed by atoms with van der Waals surface area (Å²) < 4.78 is 0. The highest BCUT2D eigenvalue weighted by Gasteiger charge is 1.96. The molecule has 0 aromatic heterocycles. The molecule has 0 bridgehead atoms. The fourth-order valence-corrected chi connectivity index (χ4v) is 0.763. The Bertz CT molecular complexity index is 383. The fraction of sp³-hybridized carbons (Fsp3) is 0. The molecule has 1 rings (SSSR count). The van der Waals surface area contributed by atoms with Crippen LogP contribution in [0.3, 0.4) is 0 Å². The summed E-state index contributed by atoms with van der Waals surface area (Å²) in [5.41, 5.74) is 14.7. The molecule has 0 amide bonds. The van der Waals surface area contributed by atoms with E-state index in [1.54, 1.807) is 6.07 Å². The first-order chi connectivity index (χ1) is 5.77. The average Bonchev–Trinajstić information content (AvgIpc) is 2.09. The van der Waals surface area contributed by atoms with Crippen molar-refractivity contribution in [3.63, 3.8) is 0 Å². The number of nitrogen functional groups attached to an aromatic ring is 1. The van der Waals surface area contributed by atoms with Crippen LogP contribution >= 0.6 is 0 Å². The molecule has 58 valence electrons. The normalized spacial score (nSPS) is 8.25. The Morgan fingerprint density at radius 1 is 1.58 bits per heavy atom. The van der Waals surface area contributed by atoms with Crippen molar-refractivity contribution in [1.82, 2.24) is 0 Å². The molecular weight excluding hydrogens is 154 g/mol. The molecule has 0 aliphatic heterocycles. The van der Waals surface area contributed by atoms with E-state index in [0.29, 0.717) is 16.9 Å². The molecule has 5 nitrogen and oxygen atoms in total. The number of hydrogen-bond acceptors (Lipinski definition) is 3. The van der Waals surface area contributed by atoms with Gasteiger partial charge < -0.3 is 5.73 Å². The van der Waals surface area contributed by atoms with E-state index in [0.717, 1.165) is 0 Å². The van der Waals surface area contributed by atoms with Gasteiger partial charge in [-0.2, -0.15) is 5.26 Å². The molecular formula is C7H5N5. The Balaban J connectivity index is 3.22. The van der Waals surface area contributed by atoms with E-state index in [-0.39, 0.29) is 0 Å². The molecule has 0 aliphatic carbocycles. The van der Waals surface area contributed by atoms with Crippen molar-refractivity contribution >= 4 is 11.4 Å². The van der Waals surface area contributed by atoms with Crippen molar-refractivity contribution in [3.8, 4) is 6.07 Å². The number of rotatable bonds is 1. The lowest BCUT2D eigenvalue weighted by Gasteiger charge is -1.97. The lowest BCUT2D eigenvalue weighted by Crippen LogP contribution is -1.85. The maximum atomic E-state index is 8.47. The molecule has 1 aromatic rings. The van der Waals surface area contributed by atoms with Crippen LogP contribution in [0.4, 0.5) is 11.4 Å². The lowest BCUT2D eigenvalue weighted by atomic mass is 10.2. The van der Waals surface area contributed by atoms with Gasteiger partial charge in [0, 0.05) is 10.6 Å². The zero-order chi connectivity index (χ0) is 8.97. The van der Waals surface area contributed by atoms with Crippen LogP contribution < -0.4 is 5.73 Å². The van der Waals surface area contributed by atoms with Crippen molar-refractivity contribution in [2.45, 2.75) is 0 Å². The molecule has 0 saturated heterocycles. The summed E-state index contributed by atoms with van der Waals surface area (Å²) >= 11 is 0. The summed E-state index contributed by atoms with van der Waals surface area (Å²) in [5.74, 6) is 0. The topological polar surface area (TPSA) is 98.6 Å². The molecule has 0 atom stereocenters. The molecule has 12 heavy (non-hydrogen) atoms. The van der Waals surface area contributed by atoms with Crippen molar-refractivity contribution in [1.29, 1.82) is 5.26 Å². The van der Waals surface area contributed by atoms with Crippen molar-refractivity contribution < 1.29 is 0 Å². The number of nitrogens with zero attached hydrogens (tertiary/aromatic N) is 4. The standard InChI is InChI=1S/C7H5N5/c8-4-5-1-2-7(11-12-10)6(9)3-5/h1-3H,9H2. The van der Waals surface area contributed by atoms with Crippen LogP contribution in [0.15, 0.2) is 23.3 Å². The highest BCUT2D eigenvalue weighted by atomic mass is 15.1. The fourth-order valence-electron chi connectivity index (χ4n) is 0.763. The van der Waals surface area contributed by atoms with Gasteiger partial charge in [-0.1, -0.05) is 5.11 Å². The molecule has 2 N–H and O–H groups in total. The van der Waals surface area contributed by atoms with E-state index in [1.165, 1.54) is 12.1 Å². The smallest absolute Gasteiger partial charge is 0.0992 e. The van der Waals surface area contributed by atoms with Crippen LogP contribution in [0.25, 0.3) is 10.4 Å². The van der Waals surface area contributed by atoms with Crippen LogP contribution in [0.5, 0.6) is 0 Å². The Labute approximate surface area is 68.7 Å². The van der Waals surface area contributed by atoms with Crippen molar-refractivity contribution in [3.05, 3.63) is 34.2 Å². The third-order valence-electron chi connectivity index (χ3n) is 1.31. The van der Waals surface area contributed by atoms with E-state index < -0.39 is 0 Å². The van der Waals surface area contributed by atoms with Crippen LogP contribution in [0.1, 0.15) is 5.56 Å². The quantitative estimate of drug-likeness (QED) is 0.293. The van der Waals surface area contributed by atoms with Crippen molar-refractivity contribution in [2.75, 3.05) is 5.73 Å². The average molecular weight is 159 g/mol. The summed E-state index contributed by atoms with van der Waals surface area (Å²) in [6.07, 6.45) is 0. The zero-order valence-electron chi connectivity index (χ0n) is 6.10. The Morgan fingerprint density at radius 2 is 2.33 bits per heavy atom. The van der Waals surface area contributed by atoms with E-state index in [4.69, 9.17) is 16.5 Å². The summed E-state index contributed by atoms with van der Waals surface area (Å²) in [6, 6.07) is 6.43. The predicted octanol–water partition coefficient (Wildman–Crippen LogP) is 2.08. The van der Waals surface area contributed by atoms with E-state index in [9.17, 15) is 0 Å². The largest absolute Gasteiger partial charge is 0.398 e. The second kappa shape index (κ2) is 3.28. The van der Waals surface area contributed by atoms with Crippen LogP contribution in [0.2, 0.25) is 0 Å². The highest BCUT2D eigenvalue weighted by molar-refractivity contribution is 5.64. The number of anilines is 1. The summed E-state index contributed by atoms with van der Waals surface area (Å²) in [7, 11) is 0. The first-order valence-corrected chi connectivity index (χ1v) is 3.12. The number of nitriles is 1. The Morgan fingerprint density at radius 3 is 2.83 bits per heavy atom. The Kier molecular flexibility index (Phi) is 2.17. The van der Waals surface area contributed by atoms with Gasteiger partial charge in [-0.25, -0.2) is 0 Å². The summed E-state index contributed by atoms with van der Waals surface area (Å²) in [4.78, 5) is 2.58. The summed E-state index contributed by atoms with van der Waals surface area (Å²) in [5, 5.41) is 11.8. The van der Waals surface area contributed by atoms with Gasteiger partial charge in [0.15, 0.2) is 0 Å². The van der Waals surface area contributed by atoms with Gasteiger partial charge in [-0.05, 0) is 23.7 Å². The van der Waals surface area contributed by atoms with Gasteiger partial charge in [0.05, 0.1) is 17.3 Å². The first kappa shape index (κ1) is 7.92. The van der Waals surface area contributed by atoms with Gasteiger partial charge in [0.25, 0.3) is 0 Å². The number of hydrogen-bond donors (Lipinski definition) is 1. The highest BCUT2D eigenvalue weighted by Crippen LogP contribution is 2.22. The maximum Gasteiger partial charge on any atom is 0.0992 e. The second-order valence-corrected chi connectivity index (χ2v) is 2.07. The van der Waals surface area contributed by atoms with Crippen LogP contribution in [0, 0.1) is 11.3 Å². The van der Waals surface area contributed by atoms with Gasteiger partial charge in [-0.3, -0.25) is 0 Å². The minimum atomic E-state index is 0.312. The monoisotopic (exact) mass is 159 g/mol. The Hall–Kier alpha value is -2.18. The van der Waals surface area contributed by atoms with Gasteiger partial charge >= 0.3 is 0 Å². The minimum Gasteiger partial charge on any atom is -0.398 e. The predicted molar refractivity (Wildman–Crippen MR) is 44.4 cm³/mol. The van der Waals surface area contributed by atoms with Crippen molar-refractivity contribution in [2.24, 2.45) is 5.11 Å². The van der Waals surface area contributed by atoms with Gasteiger partial charge in [0.2, 0.25) is 0 Å². The van der Waals surface area contributed by atoms with Crippen LogP contribution in [-0.2, 0) is 0 Å². The second-order valence-electron chi connectivity index (χ2n) is 2.07. The summed E-state index contributed by atoms with van der Waals surface area (Å²) in [6.45, 7) is 0. The molecule has 0 radical (unpaired) electrons. The lowest BCUT2D eigenvalue weighted by molar-refractivity contribution is 1.44. The molecule has 0 fully saturated rings. The zero-order valence-corrected chi connectivity index (χ0v) is 6.10. The maximum absolute atomic E-state index is 8.47. The molecule has 0 heterocycles. The molecule has 5 heteroatoms. The molecule has 0 spiro atoms. The third kappa shape index (κ3) is 1.45.